The number of benzene rings is 1. The van der Waals surface area contributed by atoms with E-state index in [4.69, 9.17) is 14.0 Å². The highest BCUT2D eigenvalue weighted by molar-refractivity contribution is 9.10. The van der Waals surface area contributed by atoms with Gasteiger partial charge in [0.1, 0.15) is 0 Å². The fraction of sp³-hybridized carbons (Fsp3) is 0.429. The molecular formula is C14H17BrN2O4. The molecule has 0 spiro atoms. The highest BCUT2D eigenvalue weighted by Gasteiger charge is 2.14. The van der Waals surface area contributed by atoms with Gasteiger partial charge in [-0.25, -0.2) is 0 Å². The Bertz CT molecular complexity index is 601. The van der Waals surface area contributed by atoms with E-state index >= 15 is 0 Å². The van der Waals surface area contributed by atoms with E-state index in [9.17, 15) is 5.11 Å². The van der Waals surface area contributed by atoms with Crippen LogP contribution in [-0.2, 0) is 19.6 Å². The van der Waals surface area contributed by atoms with Crippen molar-refractivity contribution in [3.05, 3.63) is 33.9 Å². The van der Waals surface area contributed by atoms with Crippen LogP contribution in [0.15, 0.2) is 21.1 Å². The smallest absolute Gasteiger partial charge is 0.264 e. The van der Waals surface area contributed by atoms with Gasteiger partial charge in [-0.15, -0.1) is 0 Å². The summed E-state index contributed by atoms with van der Waals surface area (Å²) in [5, 5.41) is 13.1. The predicted molar refractivity (Wildman–Crippen MR) is 79.2 cm³/mol. The molecule has 21 heavy (non-hydrogen) atoms. The Morgan fingerprint density at radius 1 is 1.38 bits per heavy atom. The molecule has 1 aromatic heterocycles. The van der Waals surface area contributed by atoms with Crippen molar-refractivity contribution in [2.45, 2.75) is 33.0 Å². The molecule has 0 atom stereocenters. The van der Waals surface area contributed by atoms with E-state index in [0.717, 1.165) is 18.4 Å². The topological polar surface area (TPSA) is 77.6 Å². The molecule has 0 aliphatic heterocycles. The van der Waals surface area contributed by atoms with Crippen LogP contribution in [0.5, 0.6) is 11.5 Å². The lowest BCUT2D eigenvalue weighted by molar-refractivity contribution is 0.231. The molecule has 0 fully saturated rings. The fourth-order valence-corrected chi connectivity index (χ4v) is 2.42. The molecule has 0 bridgehead atoms. The van der Waals surface area contributed by atoms with E-state index in [2.05, 4.69) is 33.0 Å². The first kappa shape index (κ1) is 15.8. The van der Waals surface area contributed by atoms with Crippen LogP contribution in [0.25, 0.3) is 0 Å². The molecule has 6 nitrogen and oxygen atoms in total. The average Bonchev–Trinajstić information content (AvgIpc) is 2.93. The van der Waals surface area contributed by atoms with Crippen LogP contribution >= 0.6 is 15.9 Å². The first-order valence-electron chi connectivity index (χ1n) is 6.59. The summed E-state index contributed by atoms with van der Waals surface area (Å²) in [7, 11) is 1.54. The second-order valence-corrected chi connectivity index (χ2v) is 5.26. The maximum atomic E-state index is 9.18. The van der Waals surface area contributed by atoms with Crippen molar-refractivity contribution in [2.24, 2.45) is 0 Å². The number of hydrogen-bond acceptors (Lipinski definition) is 6. The number of nitrogens with zero attached hydrogens (tertiary/aromatic N) is 2. The Balaban J connectivity index is 2.11. The Morgan fingerprint density at radius 3 is 2.86 bits per heavy atom. The third-order valence-electron chi connectivity index (χ3n) is 2.80. The van der Waals surface area contributed by atoms with E-state index in [1.165, 1.54) is 0 Å². The van der Waals surface area contributed by atoms with Crippen molar-refractivity contribution in [2.75, 3.05) is 7.11 Å². The van der Waals surface area contributed by atoms with Gasteiger partial charge in [0.25, 0.3) is 5.89 Å². The highest BCUT2D eigenvalue weighted by Crippen LogP contribution is 2.37. The van der Waals surface area contributed by atoms with Crippen molar-refractivity contribution in [1.29, 1.82) is 0 Å². The zero-order valence-corrected chi connectivity index (χ0v) is 13.5. The molecule has 0 aliphatic rings. The molecule has 114 valence electrons. The zero-order chi connectivity index (χ0) is 15.2. The Kier molecular flexibility index (Phi) is 5.58. The van der Waals surface area contributed by atoms with Crippen molar-refractivity contribution >= 4 is 15.9 Å². The Morgan fingerprint density at radius 2 is 2.19 bits per heavy atom. The Hall–Kier alpha value is -1.60. The molecule has 1 heterocycles. The Labute approximate surface area is 131 Å². The number of methoxy groups -OCH3 is 1. The first-order valence-corrected chi connectivity index (χ1v) is 7.38. The normalized spacial score (nSPS) is 10.7. The molecular weight excluding hydrogens is 340 g/mol. The van der Waals surface area contributed by atoms with Gasteiger partial charge in [-0.2, -0.15) is 4.98 Å². The standard InChI is InChI=1S/C14H17BrN2O4/c1-3-4-12-16-13(21-17-12)8-20-14-10(15)5-9(7-18)6-11(14)19-2/h5-6,18H,3-4,7-8H2,1-2H3. The molecule has 1 N–H and O–H groups in total. The lowest BCUT2D eigenvalue weighted by Crippen LogP contribution is -2.00. The maximum Gasteiger partial charge on any atom is 0.264 e. The van der Waals surface area contributed by atoms with Crippen molar-refractivity contribution in [3.63, 3.8) is 0 Å². The van der Waals surface area contributed by atoms with Gasteiger partial charge < -0.3 is 19.1 Å². The minimum absolute atomic E-state index is 0.0702. The van der Waals surface area contributed by atoms with Gasteiger partial charge >= 0.3 is 0 Å². The fourth-order valence-electron chi connectivity index (χ4n) is 1.81. The maximum absolute atomic E-state index is 9.18. The largest absolute Gasteiger partial charge is 0.493 e. The third kappa shape index (κ3) is 3.95. The van der Waals surface area contributed by atoms with Crippen LogP contribution in [0.4, 0.5) is 0 Å². The molecule has 0 aliphatic carbocycles. The number of rotatable bonds is 7. The molecule has 0 saturated carbocycles. The summed E-state index contributed by atoms with van der Waals surface area (Å²) in [5.74, 6) is 2.16. The van der Waals surface area contributed by atoms with Gasteiger partial charge in [0.15, 0.2) is 23.9 Å². The molecule has 1 aromatic carbocycles. The van der Waals surface area contributed by atoms with Gasteiger partial charge in [0.2, 0.25) is 0 Å². The second kappa shape index (κ2) is 7.42. The molecule has 7 heteroatoms. The van der Waals surface area contributed by atoms with Crippen LogP contribution in [0, 0.1) is 0 Å². The average molecular weight is 357 g/mol. The lowest BCUT2D eigenvalue weighted by atomic mass is 10.2. The molecule has 0 radical (unpaired) electrons. The number of ether oxygens (including phenoxy) is 2. The molecule has 2 rings (SSSR count). The third-order valence-corrected chi connectivity index (χ3v) is 3.38. The van der Waals surface area contributed by atoms with E-state index in [-0.39, 0.29) is 13.2 Å². The molecule has 0 amide bonds. The minimum Gasteiger partial charge on any atom is -0.493 e. The van der Waals surface area contributed by atoms with Gasteiger partial charge in [0, 0.05) is 6.42 Å². The van der Waals surface area contributed by atoms with E-state index < -0.39 is 0 Å². The summed E-state index contributed by atoms with van der Waals surface area (Å²) < 4.78 is 16.8. The van der Waals surface area contributed by atoms with Crippen LogP contribution in [-0.4, -0.2) is 22.4 Å². The molecule has 2 aromatic rings. The summed E-state index contributed by atoms with van der Waals surface area (Å²) in [4.78, 5) is 4.24. The number of aromatic nitrogens is 2. The van der Waals surface area contributed by atoms with Crippen LogP contribution in [0.2, 0.25) is 0 Å². The SMILES string of the molecule is CCCc1noc(COc2c(Br)cc(CO)cc2OC)n1. The summed E-state index contributed by atoms with van der Waals surface area (Å²) in [6.07, 6.45) is 1.74. The van der Waals surface area contributed by atoms with Gasteiger partial charge in [0.05, 0.1) is 18.2 Å². The van der Waals surface area contributed by atoms with E-state index in [1.54, 1.807) is 19.2 Å². The van der Waals surface area contributed by atoms with Crippen molar-refractivity contribution < 1.29 is 19.1 Å². The van der Waals surface area contributed by atoms with Crippen molar-refractivity contribution in [1.82, 2.24) is 10.1 Å². The van der Waals surface area contributed by atoms with Gasteiger partial charge in [-0.05, 0) is 40.0 Å². The minimum atomic E-state index is -0.0702. The number of aliphatic hydroxyl groups is 1. The predicted octanol–water partition coefficient (Wildman–Crippen LogP) is 2.86. The lowest BCUT2D eigenvalue weighted by Gasteiger charge is -2.12. The summed E-state index contributed by atoms with van der Waals surface area (Å²) in [5.41, 5.74) is 0.731. The highest BCUT2D eigenvalue weighted by atomic mass is 79.9. The van der Waals surface area contributed by atoms with E-state index in [0.29, 0.717) is 27.7 Å². The van der Waals surface area contributed by atoms with Gasteiger partial charge in [-0.3, -0.25) is 0 Å². The van der Waals surface area contributed by atoms with Crippen LogP contribution in [0.1, 0.15) is 30.6 Å². The second-order valence-electron chi connectivity index (χ2n) is 4.41. The van der Waals surface area contributed by atoms with Crippen molar-refractivity contribution in [3.8, 4) is 11.5 Å². The number of halogens is 1. The number of aliphatic hydroxyl groups excluding tert-OH is 1. The summed E-state index contributed by atoms with van der Waals surface area (Å²) in [6.45, 7) is 2.14. The van der Waals surface area contributed by atoms with E-state index in [1.807, 2.05) is 0 Å². The summed E-state index contributed by atoms with van der Waals surface area (Å²) >= 11 is 3.40. The first-order chi connectivity index (χ1) is 10.2. The van der Waals surface area contributed by atoms with Crippen LogP contribution in [0.3, 0.4) is 0 Å². The number of aryl methyl sites for hydroxylation is 1. The van der Waals surface area contributed by atoms with Crippen LogP contribution < -0.4 is 9.47 Å². The molecule has 0 unspecified atom stereocenters. The quantitative estimate of drug-likeness (QED) is 0.821. The van der Waals surface area contributed by atoms with Gasteiger partial charge in [-0.1, -0.05) is 12.1 Å². The number of hydrogen-bond donors (Lipinski definition) is 1. The zero-order valence-electron chi connectivity index (χ0n) is 11.9. The summed E-state index contributed by atoms with van der Waals surface area (Å²) in [6, 6.07) is 3.49. The molecule has 0 saturated heterocycles. The monoisotopic (exact) mass is 356 g/mol.